The Bertz CT molecular complexity index is 1010. The van der Waals surface area contributed by atoms with Gasteiger partial charge >= 0.3 is 5.69 Å². The molecule has 0 spiro atoms. The fraction of sp³-hybridized carbons (Fsp3) is 0.450. The molecular weight excluding hydrogens is 362 g/mol. The number of nitrogens with one attached hydrogen (secondary N) is 2. The Morgan fingerprint density at radius 2 is 1.96 bits per heavy atom. The molecule has 1 saturated heterocycles. The van der Waals surface area contributed by atoms with Gasteiger partial charge in [-0.3, -0.25) is 14.6 Å². The number of aromatic nitrogens is 2. The zero-order valence-corrected chi connectivity index (χ0v) is 15.7. The van der Waals surface area contributed by atoms with Crippen LogP contribution >= 0.6 is 0 Å². The lowest BCUT2D eigenvalue weighted by molar-refractivity contribution is -0.132. The molecule has 0 saturated carbocycles. The van der Waals surface area contributed by atoms with Crippen LogP contribution in [0, 0.1) is 6.92 Å². The van der Waals surface area contributed by atoms with Gasteiger partial charge in [0.1, 0.15) is 13.2 Å². The minimum absolute atomic E-state index is 0.00158. The van der Waals surface area contributed by atoms with E-state index in [1.165, 1.54) is 0 Å². The van der Waals surface area contributed by atoms with E-state index >= 15 is 0 Å². The quantitative estimate of drug-likeness (QED) is 0.829. The number of hydrogen-bond donors (Lipinski definition) is 2. The van der Waals surface area contributed by atoms with E-state index in [-0.39, 0.29) is 18.4 Å². The summed E-state index contributed by atoms with van der Waals surface area (Å²) in [6, 6.07) is 5.84. The fourth-order valence-electron chi connectivity index (χ4n) is 3.98. The summed E-state index contributed by atoms with van der Waals surface area (Å²) in [6.45, 7) is 3.43. The maximum absolute atomic E-state index is 12.9. The summed E-state index contributed by atoms with van der Waals surface area (Å²) in [7, 11) is 0. The Kier molecular flexibility index (Phi) is 4.93. The zero-order valence-electron chi connectivity index (χ0n) is 15.7. The number of fused-ring (bicyclic) bond motifs is 1. The first kappa shape index (κ1) is 18.3. The van der Waals surface area contributed by atoms with Gasteiger partial charge in [0.2, 0.25) is 5.91 Å². The molecule has 3 heterocycles. The third-order valence-electron chi connectivity index (χ3n) is 5.37. The molecule has 28 heavy (non-hydrogen) atoms. The number of benzene rings is 1. The number of carbonyl (C=O) groups is 1. The Labute approximate surface area is 161 Å². The second-order valence-electron chi connectivity index (χ2n) is 7.16. The molecule has 8 nitrogen and oxygen atoms in total. The second-order valence-corrected chi connectivity index (χ2v) is 7.16. The molecule has 2 aliphatic rings. The van der Waals surface area contributed by atoms with E-state index in [1.807, 2.05) is 23.1 Å². The van der Waals surface area contributed by atoms with Crippen LogP contribution < -0.4 is 20.7 Å². The van der Waals surface area contributed by atoms with Crippen LogP contribution in [0.2, 0.25) is 0 Å². The minimum atomic E-state index is -0.532. The summed E-state index contributed by atoms with van der Waals surface area (Å²) in [5, 5.41) is 0. The summed E-state index contributed by atoms with van der Waals surface area (Å²) >= 11 is 0. The van der Waals surface area contributed by atoms with Gasteiger partial charge in [0.25, 0.3) is 5.56 Å². The molecule has 0 radical (unpaired) electrons. The second kappa shape index (κ2) is 7.53. The van der Waals surface area contributed by atoms with Crippen molar-refractivity contribution in [3.63, 3.8) is 0 Å². The highest BCUT2D eigenvalue weighted by Crippen LogP contribution is 2.38. The number of nitrogens with zero attached hydrogens (tertiary/aromatic N) is 1. The molecule has 0 bridgehead atoms. The van der Waals surface area contributed by atoms with Gasteiger partial charge in [0.15, 0.2) is 11.5 Å². The monoisotopic (exact) mass is 385 g/mol. The van der Waals surface area contributed by atoms with Crippen LogP contribution in [0.25, 0.3) is 0 Å². The van der Waals surface area contributed by atoms with Gasteiger partial charge in [0, 0.05) is 24.2 Å². The predicted octanol–water partition coefficient (Wildman–Crippen LogP) is 1.44. The Morgan fingerprint density at radius 3 is 2.75 bits per heavy atom. The van der Waals surface area contributed by atoms with Crippen molar-refractivity contribution < 1.29 is 14.3 Å². The highest BCUT2D eigenvalue weighted by Gasteiger charge is 2.30. The molecule has 4 rings (SSSR count). The molecule has 2 aliphatic heterocycles. The van der Waals surface area contributed by atoms with Crippen molar-refractivity contribution in [2.24, 2.45) is 0 Å². The van der Waals surface area contributed by atoms with Gasteiger partial charge in [-0.15, -0.1) is 0 Å². The van der Waals surface area contributed by atoms with Crippen molar-refractivity contribution in [3.8, 4) is 11.5 Å². The van der Waals surface area contributed by atoms with E-state index in [9.17, 15) is 14.4 Å². The number of hydrogen-bond acceptors (Lipinski definition) is 5. The zero-order chi connectivity index (χ0) is 19.7. The lowest BCUT2D eigenvalue weighted by atomic mass is 10.0. The molecule has 8 heteroatoms. The topological polar surface area (TPSA) is 104 Å². The minimum Gasteiger partial charge on any atom is -0.486 e. The number of rotatable bonds is 4. The van der Waals surface area contributed by atoms with E-state index in [1.54, 1.807) is 6.92 Å². The largest absolute Gasteiger partial charge is 0.486 e. The third kappa shape index (κ3) is 3.54. The smallest absolute Gasteiger partial charge is 0.325 e. The van der Waals surface area contributed by atoms with E-state index in [0.717, 1.165) is 29.9 Å². The van der Waals surface area contributed by atoms with Crippen LogP contribution in [0.4, 0.5) is 0 Å². The number of H-pyrrole nitrogens is 2. The van der Waals surface area contributed by atoms with Gasteiger partial charge < -0.3 is 19.4 Å². The summed E-state index contributed by atoms with van der Waals surface area (Å²) in [5.74, 6) is 1.46. The van der Waals surface area contributed by atoms with Gasteiger partial charge in [-0.05, 0) is 43.9 Å². The molecule has 2 aromatic rings. The average molecular weight is 385 g/mol. The SMILES string of the molecule is Cc1[nH]c(=O)[nH]c(=O)c1CCC(=O)N1CCCC1c1ccc2c(c1)OCCO2. The summed E-state index contributed by atoms with van der Waals surface area (Å²) < 4.78 is 11.2. The molecule has 1 aromatic carbocycles. The number of likely N-dealkylation sites (tertiary alicyclic amines) is 1. The van der Waals surface area contributed by atoms with Crippen LogP contribution in [0.3, 0.4) is 0 Å². The molecule has 0 aliphatic carbocycles. The van der Waals surface area contributed by atoms with Crippen molar-refractivity contribution in [2.75, 3.05) is 19.8 Å². The normalized spacial score (nSPS) is 18.3. The predicted molar refractivity (Wildman–Crippen MR) is 102 cm³/mol. The van der Waals surface area contributed by atoms with Crippen molar-refractivity contribution >= 4 is 5.91 Å². The van der Waals surface area contributed by atoms with E-state index in [4.69, 9.17) is 9.47 Å². The Balaban J connectivity index is 1.48. The van der Waals surface area contributed by atoms with E-state index in [2.05, 4.69) is 9.97 Å². The lowest BCUT2D eigenvalue weighted by Gasteiger charge is -2.27. The first-order valence-corrected chi connectivity index (χ1v) is 9.54. The van der Waals surface area contributed by atoms with Crippen LogP contribution in [0.5, 0.6) is 11.5 Å². The average Bonchev–Trinajstić information content (AvgIpc) is 3.16. The van der Waals surface area contributed by atoms with Gasteiger partial charge in [-0.25, -0.2) is 4.79 Å². The summed E-state index contributed by atoms with van der Waals surface area (Å²) in [4.78, 5) is 42.8. The van der Waals surface area contributed by atoms with Gasteiger partial charge in [0.05, 0.1) is 6.04 Å². The maximum atomic E-state index is 12.9. The lowest BCUT2D eigenvalue weighted by Crippen LogP contribution is -2.32. The van der Waals surface area contributed by atoms with Crippen molar-refractivity contribution in [1.82, 2.24) is 14.9 Å². The summed E-state index contributed by atoms with van der Waals surface area (Å²) in [6.07, 6.45) is 2.34. The van der Waals surface area contributed by atoms with E-state index < -0.39 is 11.2 Å². The van der Waals surface area contributed by atoms with Crippen LogP contribution in [0.1, 0.15) is 42.1 Å². The molecule has 2 N–H and O–H groups in total. The van der Waals surface area contributed by atoms with Crippen LogP contribution in [0.15, 0.2) is 27.8 Å². The molecule has 1 fully saturated rings. The number of amides is 1. The maximum Gasteiger partial charge on any atom is 0.325 e. The van der Waals surface area contributed by atoms with Gasteiger partial charge in [-0.2, -0.15) is 0 Å². The van der Waals surface area contributed by atoms with Crippen LogP contribution in [-0.2, 0) is 11.2 Å². The third-order valence-corrected chi connectivity index (χ3v) is 5.37. The highest BCUT2D eigenvalue weighted by molar-refractivity contribution is 5.77. The van der Waals surface area contributed by atoms with Crippen molar-refractivity contribution in [2.45, 2.75) is 38.6 Å². The molecular formula is C20H23N3O5. The van der Waals surface area contributed by atoms with Crippen molar-refractivity contribution in [3.05, 3.63) is 55.9 Å². The molecule has 1 unspecified atom stereocenters. The molecule has 1 aromatic heterocycles. The van der Waals surface area contributed by atoms with Crippen LogP contribution in [-0.4, -0.2) is 40.5 Å². The van der Waals surface area contributed by atoms with E-state index in [0.29, 0.717) is 37.4 Å². The number of carbonyl (C=O) groups excluding carboxylic acids is 1. The first-order chi connectivity index (χ1) is 13.5. The Morgan fingerprint density at radius 1 is 1.18 bits per heavy atom. The summed E-state index contributed by atoms with van der Waals surface area (Å²) in [5.41, 5.74) is 1.03. The number of aromatic amines is 2. The molecule has 1 amide bonds. The number of aryl methyl sites for hydroxylation is 1. The van der Waals surface area contributed by atoms with Gasteiger partial charge in [-0.1, -0.05) is 6.07 Å². The molecule has 1 atom stereocenters. The molecule has 148 valence electrons. The Hall–Kier alpha value is -3.03. The number of ether oxygens (including phenoxy) is 2. The van der Waals surface area contributed by atoms with Crippen molar-refractivity contribution in [1.29, 1.82) is 0 Å². The highest BCUT2D eigenvalue weighted by atomic mass is 16.6. The fourth-order valence-corrected chi connectivity index (χ4v) is 3.98. The first-order valence-electron chi connectivity index (χ1n) is 9.54. The standard InChI is InChI=1S/C20H23N3O5/c1-12-14(19(25)22-20(26)21-12)5-7-18(24)23-8-2-3-15(23)13-4-6-16-17(11-13)28-10-9-27-16/h4,6,11,15H,2-3,5,7-10H2,1H3,(H2,21,22,25,26).